The largest absolute Gasteiger partial charge is 0.385 e. The molecule has 0 aromatic heterocycles. The van der Waals surface area contributed by atoms with Crippen LogP contribution in [0.15, 0.2) is 12.3 Å². The molecule has 0 fully saturated rings. The first-order valence-corrected chi connectivity index (χ1v) is 7.62. The summed E-state index contributed by atoms with van der Waals surface area (Å²) in [7, 11) is 0. The number of carbonyl (C=O) groups is 1. The van der Waals surface area contributed by atoms with Crippen molar-refractivity contribution in [3.63, 3.8) is 0 Å². The maximum Gasteiger partial charge on any atom is 0.245 e. The van der Waals surface area contributed by atoms with Crippen molar-refractivity contribution in [2.45, 2.75) is 26.7 Å². The van der Waals surface area contributed by atoms with Crippen LogP contribution >= 0.6 is 0 Å². The molecule has 1 amide bonds. The summed E-state index contributed by atoms with van der Waals surface area (Å²) in [6.07, 6.45) is 2.07. The minimum Gasteiger partial charge on any atom is -0.385 e. The van der Waals surface area contributed by atoms with Crippen LogP contribution in [0.1, 0.15) is 26.7 Å². The highest BCUT2D eigenvalue weighted by Gasteiger charge is 1.99. The molecule has 0 rings (SSSR count). The summed E-state index contributed by atoms with van der Waals surface area (Å²) < 4.78 is 15.8. The van der Waals surface area contributed by atoms with E-state index in [9.17, 15) is 4.79 Å². The maximum absolute atomic E-state index is 11.3. The smallest absolute Gasteiger partial charge is 0.245 e. The third-order valence-electron chi connectivity index (χ3n) is 2.56. The van der Waals surface area contributed by atoms with Gasteiger partial charge in [0.1, 0.15) is 6.61 Å². The van der Waals surface area contributed by atoms with Crippen LogP contribution < -0.4 is 10.6 Å². The number of unbranched alkanes of at least 4 members (excludes halogenated alkanes) is 1. The average molecular weight is 302 g/mol. The van der Waals surface area contributed by atoms with Crippen molar-refractivity contribution < 1.29 is 19.0 Å². The molecule has 0 heterocycles. The van der Waals surface area contributed by atoms with E-state index in [1.165, 1.54) is 0 Å². The van der Waals surface area contributed by atoms with Gasteiger partial charge in [-0.2, -0.15) is 0 Å². The molecule has 0 unspecified atom stereocenters. The Balaban J connectivity index is 3.21. The Morgan fingerprint density at radius 3 is 2.43 bits per heavy atom. The molecule has 0 radical (unpaired) electrons. The van der Waals surface area contributed by atoms with Gasteiger partial charge >= 0.3 is 0 Å². The molecule has 0 aromatic rings. The highest BCUT2D eigenvalue weighted by Crippen LogP contribution is 1.86. The van der Waals surface area contributed by atoms with E-state index < -0.39 is 0 Å². The van der Waals surface area contributed by atoms with Crippen molar-refractivity contribution in [1.29, 1.82) is 0 Å². The lowest BCUT2D eigenvalue weighted by Crippen LogP contribution is -2.29. The van der Waals surface area contributed by atoms with Gasteiger partial charge in [-0.1, -0.05) is 19.9 Å². The fourth-order valence-electron chi connectivity index (χ4n) is 1.42. The molecule has 124 valence electrons. The number of nitrogens with one attached hydrogen (secondary N) is 2. The fourth-order valence-corrected chi connectivity index (χ4v) is 1.42. The summed E-state index contributed by atoms with van der Waals surface area (Å²) in [5, 5.41) is 5.89. The lowest BCUT2D eigenvalue weighted by atomic mass is 10.3. The quantitative estimate of drug-likeness (QED) is 0.443. The summed E-state index contributed by atoms with van der Waals surface area (Å²) in [6, 6.07) is 0. The summed E-state index contributed by atoms with van der Waals surface area (Å²) in [4.78, 5) is 11.3. The number of ether oxygens (including phenoxy) is 3. The summed E-state index contributed by atoms with van der Waals surface area (Å²) in [5.74, 6) is -0.0719. The molecule has 0 aliphatic rings. The minimum absolute atomic E-state index is 0.0719. The van der Waals surface area contributed by atoms with Gasteiger partial charge in [0.2, 0.25) is 5.91 Å². The van der Waals surface area contributed by atoms with Gasteiger partial charge < -0.3 is 24.8 Å². The second-order valence-corrected chi connectivity index (χ2v) is 4.54. The average Bonchev–Trinajstić information content (AvgIpc) is 2.48. The van der Waals surface area contributed by atoms with Gasteiger partial charge in [-0.3, -0.25) is 4.79 Å². The topological polar surface area (TPSA) is 68.8 Å². The van der Waals surface area contributed by atoms with Crippen LogP contribution in [0.4, 0.5) is 0 Å². The Morgan fingerprint density at radius 1 is 0.952 bits per heavy atom. The summed E-state index contributed by atoms with van der Waals surface area (Å²) in [5.41, 5.74) is 0.848. The number of rotatable bonds is 15. The van der Waals surface area contributed by atoms with E-state index in [1.54, 1.807) is 0 Å². The van der Waals surface area contributed by atoms with Crippen LogP contribution in [0.25, 0.3) is 0 Å². The van der Waals surface area contributed by atoms with E-state index in [4.69, 9.17) is 14.2 Å². The predicted molar refractivity (Wildman–Crippen MR) is 83.2 cm³/mol. The van der Waals surface area contributed by atoms with Crippen molar-refractivity contribution >= 4 is 5.91 Å². The van der Waals surface area contributed by atoms with Crippen molar-refractivity contribution in [1.82, 2.24) is 10.6 Å². The van der Waals surface area contributed by atoms with Gasteiger partial charge in [0.15, 0.2) is 0 Å². The van der Waals surface area contributed by atoms with Crippen LogP contribution in [0.2, 0.25) is 0 Å². The van der Waals surface area contributed by atoms with Crippen LogP contribution in [0, 0.1) is 0 Å². The second-order valence-electron chi connectivity index (χ2n) is 4.54. The van der Waals surface area contributed by atoms with Crippen LogP contribution in [-0.4, -0.2) is 58.6 Å². The van der Waals surface area contributed by atoms with Gasteiger partial charge in [-0.15, -0.1) is 0 Å². The lowest BCUT2D eigenvalue weighted by molar-refractivity contribution is -0.126. The third kappa shape index (κ3) is 15.1. The molecular weight excluding hydrogens is 272 g/mol. The monoisotopic (exact) mass is 302 g/mol. The van der Waals surface area contributed by atoms with E-state index in [0.29, 0.717) is 46.1 Å². The Hall–Kier alpha value is -1.11. The van der Waals surface area contributed by atoms with Crippen molar-refractivity contribution in [3.8, 4) is 0 Å². The van der Waals surface area contributed by atoms with Crippen LogP contribution in [0.5, 0.6) is 0 Å². The van der Waals surface area contributed by atoms with Crippen LogP contribution in [0.3, 0.4) is 0 Å². The molecule has 21 heavy (non-hydrogen) atoms. The predicted octanol–water partition coefficient (Wildman–Crippen LogP) is 1.08. The molecule has 0 aliphatic carbocycles. The molecule has 6 nitrogen and oxygen atoms in total. The zero-order valence-corrected chi connectivity index (χ0v) is 13.4. The van der Waals surface area contributed by atoms with Gasteiger partial charge in [-0.25, -0.2) is 0 Å². The fraction of sp³-hybridized carbons (Fsp3) is 0.800. The van der Waals surface area contributed by atoms with Crippen LogP contribution in [-0.2, 0) is 19.0 Å². The number of hydrogen-bond donors (Lipinski definition) is 2. The first kappa shape index (κ1) is 19.9. The number of hydrogen-bond acceptors (Lipinski definition) is 5. The van der Waals surface area contributed by atoms with Gasteiger partial charge in [-0.05, 0) is 13.3 Å². The van der Waals surface area contributed by atoms with E-state index in [1.807, 2.05) is 6.92 Å². The molecule has 0 saturated heterocycles. The highest BCUT2D eigenvalue weighted by molar-refractivity contribution is 5.77. The molecule has 0 bridgehead atoms. The van der Waals surface area contributed by atoms with Crippen molar-refractivity contribution in [2.75, 3.05) is 52.7 Å². The summed E-state index contributed by atoms with van der Waals surface area (Å²) in [6.45, 7) is 12.0. The normalized spacial score (nSPS) is 10.4. The Morgan fingerprint density at radius 2 is 1.71 bits per heavy atom. The number of carbonyl (C=O) groups excluding carboxylic acids is 1. The highest BCUT2D eigenvalue weighted by atomic mass is 16.5. The maximum atomic E-state index is 11.3. The third-order valence-corrected chi connectivity index (χ3v) is 2.56. The Labute approximate surface area is 128 Å². The Bertz CT molecular complexity index is 272. The van der Waals surface area contributed by atoms with E-state index >= 15 is 0 Å². The molecule has 0 aliphatic heterocycles. The minimum atomic E-state index is -0.0719. The first-order chi connectivity index (χ1) is 10.2. The molecular formula is C15H30N2O4. The second kappa shape index (κ2) is 15.3. The zero-order chi connectivity index (χ0) is 15.8. The Kier molecular flexibility index (Phi) is 14.5. The standard InChI is InChI=1S/C15H30N2O4/c1-4-6-7-17-15(18)13-21-11-10-20-9-8-16-14(3)12-19-5-2/h16H,3-13H2,1-2H3,(H,17,18). The van der Waals surface area contributed by atoms with Crippen molar-refractivity contribution in [2.24, 2.45) is 0 Å². The summed E-state index contributed by atoms with van der Waals surface area (Å²) >= 11 is 0. The van der Waals surface area contributed by atoms with E-state index in [-0.39, 0.29) is 12.5 Å². The zero-order valence-electron chi connectivity index (χ0n) is 13.4. The van der Waals surface area contributed by atoms with Gasteiger partial charge in [0.05, 0.1) is 26.4 Å². The lowest BCUT2D eigenvalue weighted by Gasteiger charge is -2.10. The SMILES string of the molecule is C=C(COCC)NCCOCCOCC(=O)NCCCC. The molecule has 0 saturated carbocycles. The number of amides is 1. The van der Waals surface area contributed by atoms with E-state index in [2.05, 4.69) is 24.1 Å². The molecule has 6 heteroatoms. The van der Waals surface area contributed by atoms with Gasteiger partial charge in [0, 0.05) is 25.4 Å². The molecule has 0 atom stereocenters. The first-order valence-electron chi connectivity index (χ1n) is 7.62. The van der Waals surface area contributed by atoms with Gasteiger partial charge in [0.25, 0.3) is 0 Å². The van der Waals surface area contributed by atoms with E-state index in [0.717, 1.165) is 18.5 Å². The molecule has 0 aromatic carbocycles. The molecule has 0 spiro atoms. The van der Waals surface area contributed by atoms with Crippen molar-refractivity contribution in [3.05, 3.63) is 12.3 Å². The molecule has 2 N–H and O–H groups in total.